The van der Waals surface area contributed by atoms with Gasteiger partial charge in [0.15, 0.2) is 0 Å². The molecule has 0 saturated carbocycles. The molecule has 7 nitrogen and oxygen atoms in total. The average Bonchev–Trinajstić information content (AvgIpc) is 2.61. The van der Waals surface area contributed by atoms with Gasteiger partial charge in [-0.05, 0) is 37.4 Å². The fourth-order valence-electron chi connectivity index (χ4n) is 2.18. The number of anilines is 2. The summed E-state index contributed by atoms with van der Waals surface area (Å²) in [5.41, 5.74) is 0.957. The Bertz CT molecular complexity index is 782. The molecule has 2 rings (SSSR count). The molecule has 2 aromatic carbocycles. The molecule has 132 valence electrons. The maximum absolute atomic E-state index is 12.4. The molecule has 0 aliphatic heterocycles. The molecular weight excluding hydrogens is 342 g/mol. The van der Waals surface area contributed by atoms with Crippen LogP contribution in [0.25, 0.3) is 0 Å². The first-order valence-electron chi connectivity index (χ1n) is 7.48. The molecule has 0 radical (unpaired) electrons. The molecule has 0 fully saturated rings. The number of nitrogens with one attached hydrogen (secondary N) is 2. The smallest absolute Gasteiger partial charge is 0.271 e. The van der Waals surface area contributed by atoms with Gasteiger partial charge in [0.05, 0.1) is 17.7 Å². The van der Waals surface area contributed by atoms with Gasteiger partial charge in [-0.3, -0.25) is 14.9 Å². The highest BCUT2D eigenvalue weighted by Crippen LogP contribution is 2.29. The van der Waals surface area contributed by atoms with Crippen molar-refractivity contribution in [2.24, 2.45) is 0 Å². The van der Waals surface area contributed by atoms with Crippen LogP contribution >= 0.6 is 11.8 Å². The van der Waals surface area contributed by atoms with Gasteiger partial charge in [0, 0.05) is 22.7 Å². The first-order valence-corrected chi connectivity index (χ1v) is 8.71. The van der Waals surface area contributed by atoms with E-state index in [-0.39, 0.29) is 17.3 Å². The molecule has 0 saturated heterocycles. The minimum Gasteiger partial charge on any atom is -0.495 e. The molecule has 1 unspecified atom stereocenters. The SMILES string of the molecule is COc1ccc([N+](=O)[O-])cc1NC(=O)C(C)Nc1cccc(SC)c1. The van der Waals surface area contributed by atoms with Crippen LogP contribution in [0.2, 0.25) is 0 Å². The zero-order valence-electron chi connectivity index (χ0n) is 14.1. The third kappa shape index (κ3) is 4.87. The van der Waals surface area contributed by atoms with Crippen molar-refractivity contribution in [1.82, 2.24) is 0 Å². The summed E-state index contributed by atoms with van der Waals surface area (Å²) in [4.78, 5) is 23.9. The number of carbonyl (C=O) groups is 1. The van der Waals surface area contributed by atoms with Gasteiger partial charge in [-0.2, -0.15) is 0 Å². The number of thioether (sulfide) groups is 1. The van der Waals surface area contributed by atoms with E-state index in [1.807, 2.05) is 30.5 Å². The number of nitrogens with zero attached hydrogens (tertiary/aromatic N) is 1. The number of methoxy groups -OCH3 is 1. The highest BCUT2D eigenvalue weighted by atomic mass is 32.2. The predicted molar refractivity (Wildman–Crippen MR) is 99.6 cm³/mol. The second-order valence-corrected chi connectivity index (χ2v) is 6.11. The molecule has 2 N–H and O–H groups in total. The van der Waals surface area contributed by atoms with Gasteiger partial charge in [0.1, 0.15) is 11.8 Å². The number of nitro benzene ring substituents is 1. The van der Waals surface area contributed by atoms with Gasteiger partial charge >= 0.3 is 0 Å². The van der Waals surface area contributed by atoms with Crippen LogP contribution in [-0.2, 0) is 4.79 Å². The van der Waals surface area contributed by atoms with Crippen LogP contribution in [0.3, 0.4) is 0 Å². The molecule has 0 aliphatic rings. The number of rotatable bonds is 7. The van der Waals surface area contributed by atoms with Crippen molar-refractivity contribution in [3.8, 4) is 5.75 Å². The fourth-order valence-corrected chi connectivity index (χ4v) is 2.64. The van der Waals surface area contributed by atoms with E-state index in [1.165, 1.54) is 25.3 Å². The summed E-state index contributed by atoms with van der Waals surface area (Å²) in [6, 6.07) is 11.2. The van der Waals surface area contributed by atoms with Gasteiger partial charge in [0.25, 0.3) is 5.69 Å². The number of hydrogen-bond donors (Lipinski definition) is 2. The van der Waals surface area contributed by atoms with Gasteiger partial charge < -0.3 is 15.4 Å². The third-order valence-corrected chi connectivity index (χ3v) is 4.22. The first kappa shape index (κ1) is 18.6. The number of hydrogen-bond acceptors (Lipinski definition) is 6. The lowest BCUT2D eigenvalue weighted by Crippen LogP contribution is -2.32. The second-order valence-electron chi connectivity index (χ2n) is 5.23. The van der Waals surface area contributed by atoms with Crippen LogP contribution in [-0.4, -0.2) is 30.2 Å². The number of ether oxygens (including phenoxy) is 1. The minimum absolute atomic E-state index is 0.121. The van der Waals surface area contributed by atoms with Gasteiger partial charge in [-0.15, -0.1) is 11.8 Å². The van der Waals surface area contributed by atoms with E-state index >= 15 is 0 Å². The molecule has 25 heavy (non-hydrogen) atoms. The first-order chi connectivity index (χ1) is 11.9. The van der Waals surface area contributed by atoms with E-state index in [1.54, 1.807) is 18.7 Å². The van der Waals surface area contributed by atoms with Crippen LogP contribution in [0.1, 0.15) is 6.92 Å². The Morgan fingerprint density at radius 2 is 2.04 bits per heavy atom. The Morgan fingerprint density at radius 1 is 1.28 bits per heavy atom. The molecule has 0 bridgehead atoms. The fraction of sp³-hybridized carbons (Fsp3) is 0.235. The highest BCUT2D eigenvalue weighted by molar-refractivity contribution is 7.98. The Morgan fingerprint density at radius 3 is 2.68 bits per heavy atom. The van der Waals surface area contributed by atoms with E-state index < -0.39 is 11.0 Å². The van der Waals surface area contributed by atoms with E-state index in [9.17, 15) is 14.9 Å². The zero-order valence-corrected chi connectivity index (χ0v) is 14.9. The van der Waals surface area contributed by atoms with E-state index in [4.69, 9.17) is 4.74 Å². The van der Waals surface area contributed by atoms with E-state index in [0.29, 0.717) is 5.75 Å². The second kappa shape index (κ2) is 8.39. The van der Waals surface area contributed by atoms with Gasteiger partial charge in [-0.25, -0.2) is 0 Å². The van der Waals surface area contributed by atoms with Crippen LogP contribution in [0, 0.1) is 10.1 Å². The number of benzene rings is 2. The Balaban J connectivity index is 2.12. The van der Waals surface area contributed by atoms with Crippen LogP contribution < -0.4 is 15.4 Å². The van der Waals surface area contributed by atoms with Crippen molar-refractivity contribution in [2.45, 2.75) is 17.9 Å². The summed E-state index contributed by atoms with van der Waals surface area (Å²) >= 11 is 1.61. The maximum atomic E-state index is 12.4. The van der Waals surface area contributed by atoms with Crippen molar-refractivity contribution in [2.75, 3.05) is 24.0 Å². The molecule has 0 aromatic heterocycles. The number of nitro groups is 1. The topological polar surface area (TPSA) is 93.5 Å². The van der Waals surface area contributed by atoms with Crippen molar-refractivity contribution in [3.05, 3.63) is 52.6 Å². The minimum atomic E-state index is -0.541. The summed E-state index contributed by atoms with van der Waals surface area (Å²) in [6.45, 7) is 1.71. The molecule has 2 aromatic rings. The molecule has 0 aliphatic carbocycles. The van der Waals surface area contributed by atoms with Crippen molar-refractivity contribution in [3.63, 3.8) is 0 Å². The highest BCUT2D eigenvalue weighted by Gasteiger charge is 2.17. The standard InChI is InChI=1S/C17H19N3O4S/c1-11(18-12-5-4-6-14(9-12)25-3)17(21)19-15-10-13(20(22)23)7-8-16(15)24-2/h4-11,18H,1-3H3,(H,19,21). The van der Waals surface area contributed by atoms with Crippen molar-refractivity contribution >= 4 is 34.7 Å². The summed E-state index contributed by atoms with van der Waals surface area (Å²) in [6.07, 6.45) is 1.98. The lowest BCUT2D eigenvalue weighted by Gasteiger charge is -2.17. The van der Waals surface area contributed by atoms with E-state index in [0.717, 1.165) is 10.6 Å². The third-order valence-electron chi connectivity index (χ3n) is 3.50. The summed E-state index contributed by atoms with van der Waals surface area (Å²) in [5.74, 6) is 0.0314. The zero-order chi connectivity index (χ0) is 18.4. The number of non-ortho nitro benzene ring substituents is 1. The summed E-state index contributed by atoms with van der Waals surface area (Å²) in [5, 5.41) is 16.7. The largest absolute Gasteiger partial charge is 0.495 e. The van der Waals surface area contributed by atoms with E-state index in [2.05, 4.69) is 10.6 Å². The van der Waals surface area contributed by atoms with Crippen molar-refractivity contribution < 1.29 is 14.5 Å². The molecule has 8 heteroatoms. The summed E-state index contributed by atoms with van der Waals surface area (Å²) < 4.78 is 5.15. The maximum Gasteiger partial charge on any atom is 0.271 e. The molecule has 1 atom stereocenters. The number of amides is 1. The molecule has 1 amide bonds. The van der Waals surface area contributed by atoms with Crippen molar-refractivity contribution in [1.29, 1.82) is 0 Å². The Labute approximate surface area is 149 Å². The quantitative estimate of drug-likeness (QED) is 0.443. The Hall–Kier alpha value is -2.74. The molecule has 0 heterocycles. The predicted octanol–water partition coefficient (Wildman–Crippen LogP) is 3.76. The van der Waals surface area contributed by atoms with Gasteiger partial charge in [0.2, 0.25) is 5.91 Å². The van der Waals surface area contributed by atoms with Crippen LogP contribution in [0.15, 0.2) is 47.4 Å². The monoisotopic (exact) mass is 361 g/mol. The van der Waals surface area contributed by atoms with Gasteiger partial charge in [-0.1, -0.05) is 6.07 Å². The lowest BCUT2D eigenvalue weighted by atomic mass is 10.2. The van der Waals surface area contributed by atoms with Crippen LogP contribution in [0.5, 0.6) is 5.75 Å². The Kier molecular flexibility index (Phi) is 6.24. The molecule has 0 spiro atoms. The summed E-state index contributed by atoms with van der Waals surface area (Å²) in [7, 11) is 1.44. The van der Waals surface area contributed by atoms with Crippen LogP contribution in [0.4, 0.5) is 17.1 Å². The normalized spacial score (nSPS) is 11.5. The lowest BCUT2D eigenvalue weighted by molar-refractivity contribution is -0.384. The number of carbonyl (C=O) groups excluding carboxylic acids is 1. The molecular formula is C17H19N3O4S. The average molecular weight is 361 g/mol.